The van der Waals surface area contributed by atoms with Gasteiger partial charge in [-0.25, -0.2) is 4.39 Å². The summed E-state index contributed by atoms with van der Waals surface area (Å²) in [5, 5.41) is 3.24. The number of halogens is 3. The minimum atomic E-state index is -0.222. The normalized spacial score (nSPS) is 12.4. The lowest BCUT2D eigenvalue weighted by atomic mass is 10.0. The largest absolute Gasteiger partial charge is 0.313 e. The Morgan fingerprint density at radius 1 is 1.26 bits per heavy atom. The van der Waals surface area contributed by atoms with Gasteiger partial charge in [-0.15, -0.1) is 0 Å². The average molecular weight is 388 g/mol. The first-order valence-electron chi connectivity index (χ1n) is 5.82. The van der Waals surface area contributed by atoms with Gasteiger partial charge in [-0.3, -0.25) is 4.98 Å². The second kappa shape index (κ2) is 6.59. The standard InChI is InChI=1S/C14H13Br2FN2/c1-18-14(10-4-11(15)8-19-7-10)6-9-5-12(17)2-3-13(9)16/h2-5,7-8,14,18H,6H2,1H3. The molecule has 2 nitrogen and oxygen atoms in total. The van der Waals surface area contributed by atoms with E-state index in [4.69, 9.17) is 0 Å². The Hall–Kier alpha value is -0.780. The van der Waals surface area contributed by atoms with Crippen molar-refractivity contribution in [2.24, 2.45) is 0 Å². The Morgan fingerprint density at radius 3 is 2.74 bits per heavy atom. The molecule has 0 fully saturated rings. The highest BCUT2D eigenvalue weighted by atomic mass is 79.9. The van der Waals surface area contributed by atoms with Crippen LogP contribution in [0.3, 0.4) is 0 Å². The molecular formula is C14H13Br2FN2. The van der Waals surface area contributed by atoms with Gasteiger partial charge in [0, 0.05) is 27.4 Å². The lowest BCUT2D eigenvalue weighted by molar-refractivity contribution is 0.581. The van der Waals surface area contributed by atoms with Crippen LogP contribution in [-0.2, 0) is 6.42 Å². The van der Waals surface area contributed by atoms with Gasteiger partial charge in [-0.05, 0) is 64.8 Å². The molecule has 1 atom stereocenters. The molecule has 2 rings (SSSR count). The summed E-state index contributed by atoms with van der Waals surface area (Å²) in [7, 11) is 1.89. The van der Waals surface area contributed by atoms with Crippen molar-refractivity contribution in [3.05, 3.63) is 62.5 Å². The summed E-state index contributed by atoms with van der Waals surface area (Å²) < 4.78 is 15.2. The zero-order chi connectivity index (χ0) is 13.8. The van der Waals surface area contributed by atoms with Crippen LogP contribution in [0.4, 0.5) is 4.39 Å². The second-order valence-electron chi connectivity index (χ2n) is 4.22. The molecule has 0 aliphatic rings. The maximum Gasteiger partial charge on any atom is 0.123 e. The predicted molar refractivity (Wildman–Crippen MR) is 81.5 cm³/mol. The van der Waals surface area contributed by atoms with Gasteiger partial charge in [0.1, 0.15) is 5.82 Å². The van der Waals surface area contributed by atoms with Crippen LogP contribution in [0.2, 0.25) is 0 Å². The maximum absolute atomic E-state index is 13.3. The van der Waals surface area contributed by atoms with Gasteiger partial charge in [0.25, 0.3) is 0 Å². The molecular weight excluding hydrogens is 375 g/mol. The van der Waals surface area contributed by atoms with Gasteiger partial charge in [-0.2, -0.15) is 0 Å². The van der Waals surface area contributed by atoms with Crippen LogP contribution in [-0.4, -0.2) is 12.0 Å². The molecule has 0 aliphatic carbocycles. The molecule has 0 saturated carbocycles. The van der Waals surface area contributed by atoms with E-state index in [-0.39, 0.29) is 11.9 Å². The van der Waals surface area contributed by atoms with Gasteiger partial charge in [0.2, 0.25) is 0 Å². The van der Waals surface area contributed by atoms with Gasteiger partial charge in [0.15, 0.2) is 0 Å². The number of pyridine rings is 1. The number of aromatic nitrogens is 1. The summed E-state index contributed by atoms with van der Waals surface area (Å²) >= 11 is 6.87. The van der Waals surface area contributed by atoms with Gasteiger partial charge < -0.3 is 5.32 Å². The third-order valence-electron chi connectivity index (χ3n) is 2.91. The van der Waals surface area contributed by atoms with E-state index in [9.17, 15) is 4.39 Å². The predicted octanol–water partition coefficient (Wildman–Crippen LogP) is 4.25. The van der Waals surface area contributed by atoms with Crippen LogP contribution in [0.5, 0.6) is 0 Å². The van der Waals surface area contributed by atoms with Crippen molar-refractivity contribution < 1.29 is 4.39 Å². The quantitative estimate of drug-likeness (QED) is 0.848. The molecule has 1 aromatic heterocycles. The Bertz CT molecular complexity index is 575. The number of likely N-dealkylation sites (N-methyl/N-ethyl adjacent to an activating group) is 1. The number of benzene rings is 1. The Kier molecular flexibility index (Phi) is 5.07. The molecule has 1 unspecified atom stereocenters. The Balaban J connectivity index is 2.26. The highest BCUT2D eigenvalue weighted by Crippen LogP contribution is 2.25. The lowest BCUT2D eigenvalue weighted by Gasteiger charge is -2.17. The summed E-state index contributed by atoms with van der Waals surface area (Å²) in [6, 6.07) is 6.84. The number of hydrogen-bond acceptors (Lipinski definition) is 2. The van der Waals surface area contributed by atoms with E-state index >= 15 is 0 Å². The molecule has 0 amide bonds. The van der Waals surface area contributed by atoms with E-state index in [1.807, 2.05) is 19.3 Å². The average Bonchev–Trinajstić information content (AvgIpc) is 2.39. The number of hydrogen-bond donors (Lipinski definition) is 1. The molecule has 0 bridgehead atoms. The van der Waals surface area contributed by atoms with Crippen molar-refractivity contribution in [2.75, 3.05) is 7.05 Å². The van der Waals surface area contributed by atoms with Crippen molar-refractivity contribution in [3.63, 3.8) is 0 Å². The zero-order valence-corrected chi connectivity index (χ0v) is 13.5. The number of nitrogens with one attached hydrogen (secondary N) is 1. The molecule has 5 heteroatoms. The summed E-state index contributed by atoms with van der Waals surface area (Å²) in [4.78, 5) is 4.16. The van der Waals surface area contributed by atoms with E-state index < -0.39 is 0 Å². The van der Waals surface area contributed by atoms with E-state index in [1.165, 1.54) is 6.07 Å². The third-order valence-corrected chi connectivity index (χ3v) is 4.12. The Labute approximate surface area is 128 Å². The van der Waals surface area contributed by atoms with Crippen molar-refractivity contribution in [1.82, 2.24) is 10.3 Å². The fourth-order valence-electron chi connectivity index (χ4n) is 1.93. The maximum atomic E-state index is 13.3. The summed E-state index contributed by atoms with van der Waals surface area (Å²) in [5.41, 5.74) is 1.99. The highest BCUT2D eigenvalue weighted by Gasteiger charge is 2.13. The topological polar surface area (TPSA) is 24.9 Å². The molecule has 19 heavy (non-hydrogen) atoms. The molecule has 0 saturated heterocycles. The van der Waals surface area contributed by atoms with Crippen LogP contribution >= 0.6 is 31.9 Å². The van der Waals surface area contributed by atoms with Gasteiger partial charge >= 0.3 is 0 Å². The van der Waals surface area contributed by atoms with Crippen molar-refractivity contribution in [2.45, 2.75) is 12.5 Å². The second-order valence-corrected chi connectivity index (χ2v) is 5.99. The molecule has 0 aliphatic heterocycles. The summed E-state index contributed by atoms with van der Waals surface area (Å²) in [6.07, 6.45) is 4.25. The van der Waals surface area contributed by atoms with Crippen LogP contribution in [0.1, 0.15) is 17.2 Å². The van der Waals surface area contributed by atoms with E-state index in [1.54, 1.807) is 18.3 Å². The van der Waals surface area contributed by atoms with Crippen molar-refractivity contribution in [1.29, 1.82) is 0 Å². The molecule has 1 N–H and O–H groups in total. The molecule has 1 aromatic carbocycles. The van der Waals surface area contributed by atoms with Crippen molar-refractivity contribution in [3.8, 4) is 0 Å². The zero-order valence-electron chi connectivity index (χ0n) is 10.3. The number of nitrogens with zero attached hydrogens (tertiary/aromatic N) is 1. The highest BCUT2D eigenvalue weighted by molar-refractivity contribution is 9.10. The van der Waals surface area contributed by atoms with Gasteiger partial charge in [-0.1, -0.05) is 15.9 Å². The number of rotatable bonds is 4. The fraction of sp³-hybridized carbons (Fsp3) is 0.214. The Morgan fingerprint density at radius 2 is 2.05 bits per heavy atom. The van der Waals surface area contributed by atoms with Crippen LogP contribution in [0, 0.1) is 5.82 Å². The molecule has 0 spiro atoms. The molecule has 100 valence electrons. The fourth-order valence-corrected chi connectivity index (χ4v) is 2.72. The monoisotopic (exact) mass is 386 g/mol. The molecule has 0 radical (unpaired) electrons. The minimum Gasteiger partial charge on any atom is -0.313 e. The van der Waals surface area contributed by atoms with E-state index in [0.29, 0.717) is 6.42 Å². The van der Waals surface area contributed by atoms with E-state index in [2.05, 4.69) is 42.2 Å². The van der Waals surface area contributed by atoms with Crippen LogP contribution < -0.4 is 5.32 Å². The van der Waals surface area contributed by atoms with Crippen LogP contribution in [0.25, 0.3) is 0 Å². The lowest BCUT2D eigenvalue weighted by Crippen LogP contribution is -2.19. The smallest absolute Gasteiger partial charge is 0.123 e. The third kappa shape index (κ3) is 3.84. The van der Waals surface area contributed by atoms with Gasteiger partial charge in [0.05, 0.1) is 0 Å². The first-order chi connectivity index (χ1) is 9.10. The SMILES string of the molecule is CNC(Cc1cc(F)ccc1Br)c1cncc(Br)c1. The van der Waals surface area contributed by atoms with E-state index in [0.717, 1.165) is 20.1 Å². The first kappa shape index (κ1) is 14.6. The van der Waals surface area contributed by atoms with Crippen LogP contribution in [0.15, 0.2) is 45.6 Å². The molecule has 2 aromatic rings. The first-order valence-corrected chi connectivity index (χ1v) is 7.40. The minimum absolute atomic E-state index is 0.0862. The molecule has 1 heterocycles. The summed E-state index contributed by atoms with van der Waals surface area (Å²) in [6.45, 7) is 0. The summed E-state index contributed by atoms with van der Waals surface area (Å²) in [5.74, 6) is -0.222. The van der Waals surface area contributed by atoms with Crippen molar-refractivity contribution >= 4 is 31.9 Å².